The number of imide groups is 1. The fraction of sp³-hybridized carbons (Fsp3) is 0.786. The summed E-state index contributed by atoms with van der Waals surface area (Å²) < 4.78 is 0. The minimum absolute atomic E-state index is 0.179. The highest BCUT2D eigenvalue weighted by Gasteiger charge is 2.45. The van der Waals surface area contributed by atoms with E-state index in [9.17, 15) is 14.4 Å². The van der Waals surface area contributed by atoms with E-state index in [0.717, 1.165) is 4.90 Å². The minimum atomic E-state index is -0.369. The van der Waals surface area contributed by atoms with E-state index in [0.29, 0.717) is 0 Å². The Morgan fingerprint density at radius 1 is 1.21 bits per heavy atom. The summed E-state index contributed by atoms with van der Waals surface area (Å²) in [6, 6.07) is 0. The van der Waals surface area contributed by atoms with Gasteiger partial charge in [-0.05, 0) is 26.2 Å². The first-order valence-electron chi connectivity index (χ1n) is 6.57. The Hall–Kier alpha value is -1.39. The van der Waals surface area contributed by atoms with E-state index in [-0.39, 0.29) is 47.6 Å². The van der Waals surface area contributed by atoms with Crippen molar-refractivity contribution in [3.63, 3.8) is 0 Å². The molecule has 0 aromatic rings. The van der Waals surface area contributed by atoms with Gasteiger partial charge < -0.3 is 5.32 Å². The zero-order valence-electron chi connectivity index (χ0n) is 12.7. The van der Waals surface area contributed by atoms with Crippen molar-refractivity contribution in [2.75, 3.05) is 6.54 Å². The van der Waals surface area contributed by atoms with Crippen LogP contribution in [0, 0.1) is 11.3 Å². The maximum atomic E-state index is 12.2. The van der Waals surface area contributed by atoms with Crippen LogP contribution < -0.4 is 5.32 Å². The van der Waals surface area contributed by atoms with Crippen molar-refractivity contribution in [1.82, 2.24) is 10.2 Å². The molecule has 1 aliphatic heterocycles. The molecule has 1 fully saturated rings. The molecule has 0 aliphatic carbocycles. The van der Waals surface area contributed by atoms with Crippen molar-refractivity contribution in [3.8, 4) is 0 Å². The largest absolute Gasteiger partial charge is 0.350 e. The molecule has 1 heterocycles. The number of amides is 3. The van der Waals surface area contributed by atoms with Gasteiger partial charge in [-0.2, -0.15) is 0 Å². The summed E-state index contributed by atoms with van der Waals surface area (Å²) in [5.74, 6) is -1.12. The third-order valence-corrected chi connectivity index (χ3v) is 3.11. The lowest BCUT2D eigenvalue weighted by Gasteiger charge is -2.25. The summed E-state index contributed by atoms with van der Waals surface area (Å²) in [5.41, 5.74) is -0.631. The van der Waals surface area contributed by atoms with Gasteiger partial charge in [-0.25, -0.2) is 0 Å². The Morgan fingerprint density at radius 2 is 1.74 bits per heavy atom. The predicted molar refractivity (Wildman–Crippen MR) is 72.2 cm³/mol. The fourth-order valence-electron chi connectivity index (χ4n) is 2.13. The van der Waals surface area contributed by atoms with Crippen LogP contribution in [0.25, 0.3) is 0 Å². The molecule has 0 aromatic heterocycles. The van der Waals surface area contributed by atoms with E-state index in [1.165, 1.54) is 0 Å². The van der Waals surface area contributed by atoms with Gasteiger partial charge in [0.2, 0.25) is 17.7 Å². The van der Waals surface area contributed by atoms with Crippen molar-refractivity contribution in [1.29, 1.82) is 0 Å². The number of nitrogens with one attached hydrogen (secondary N) is 1. The molecule has 5 heteroatoms. The first kappa shape index (κ1) is 15.7. The average Bonchev–Trinajstić information content (AvgIpc) is 2.41. The van der Waals surface area contributed by atoms with Gasteiger partial charge in [0.25, 0.3) is 0 Å². The molecule has 0 spiro atoms. The smallest absolute Gasteiger partial charge is 0.240 e. The Morgan fingerprint density at radius 3 is 2.11 bits per heavy atom. The molecule has 1 unspecified atom stereocenters. The van der Waals surface area contributed by atoms with Crippen molar-refractivity contribution in [2.24, 2.45) is 11.3 Å². The Bertz CT molecular complexity index is 402. The first-order valence-corrected chi connectivity index (χ1v) is 6.57. The molecule has 0 saturated carbocycles. The monoisotopic (exact) mass is 268 g/mol. The lowest BCUT2D eigenvalue weighted by Crippen LogP contribution is -2.47. The van der Waals surface area contributed by atoms with Gasteiger partial charge in [0.15, 0.2) is 0 Å². The summed E-state index contributed by atoms with van der Waals surface area (Å²) >= 11 is 0. The first-order chi connectivity index (χ1) is 8.42. The zero-order chi connectivity index (χ0) is 15.0. The highest BCUT2D eigenvalue weighted by molar-refractivity contribution is 6.06. The topological polar surface area (TPSA) is 66.5 Å². The van der Waals surface area contributed by atoms with Crippen LogP contribution in [0.15, 0.2) is 0 Å². The van der Waals surface area contributed by atoms with Crippen LogP contribution >= 0.6 is 0 Å². The number of hydrogen-bond acceptors (Lipinski definition) is 3. The van der Waals surface area contributed by atoms with Gasteiger partial charge in [-0.3, -0.25) is 19.3 Å². The van der Waals surface area contributed by atoms with Gasteiger partial charge in [-0.1, -0.05) is 20.8 Å². The van der Waals surface area contributed by atoms with Crippen molar-refractivity contribution in [2.45, 2.75) is 53.5 Å². The molecule has 0 aromatic carbocycles. The highest BCUT2D eigenvalue weighted by Crippen LogP contribution is 2.35. The molecule has 0 bridgehead atoms. The SMILES string of the molecule is CC(C)(C)NC(=O)CN1C(=O)CC(C(C)(C)C)C1=O. The molecule has 1 saturated heterocycles. The van der Waals surface area contributed by atoms with Crippen molar-refractivity contribution in [3.05, 3.63) is 0 Å². The van der Waals surface area contributed by atoms with E-state index in [1.807, 2.05) is 41.5 Å². The van der Waals surface area contributed by atoms with E-state index >= 15 is 0 Å². The molecule has 19 heavy (non-hydrogen) atoms. The lowest BCUT2D eigenvalue weighted by molar-refractivity contribution is -0.144. The van der Waals surface area contributed by atoms with E-state index < -0.39 is 0 Å². The number of carbonyl (C=O) groups excluding carboxylic acids is 3. The molecular formula is C14H24N2O3. The van der Waals surface area contributed by atoms with Gasteiger partial charge in [0.05, 0.1) is 5.92 Å². The summed E-state index contributed by atoms with van der Waals surface area (Å²) in [6.07, 6.45) is 0.200. The molecule has 1 aliphatic rings. The van der Waals surface area contributed by atoms with E-state index in [2.05, 4.69) is 5.32 Å². The Labute approximate surface area is 114 Å². The van der Waals surface area contributed by atoms with Crippen LogP contribution in [0.4, 0.5) is 0 Å². The van der Waals surface area contributed by atoms with Gasteiger partial charge in [-0.15, -0.1) is 0 Å². The zero-order valence-corrected chi connectivity index (χ0v) is 12.7. The molecule has 108 valence electrons. The maximum absolute atomic E-state index is 12.2. The second-order valence-corrected chi connectivity index (χ2v) is 7.24. The van der Waals surface area contributed by atoms with Crippen LogP contribution in [0.1, 0.15) is 48.0 Å². The molecule has 1 atom stereocenters. The van der Waals surface area contributed by atoms with E-state index in [1.54, 1.807) is 0 Å². The molecule has 5 nitrogen and oxygen atoms in total. The van der Waals surface area contributed by atoms with Crippen LogP contribution in [0.5, 0.6) is 0 Å². The normalized spacial score (nSPS) is 20.9. The summed E-state index contributed by atoms with van der Waals surface area (Å²) in [6.45, 7) is 11.2. The molecule has 1 rings (SSSR count). The summed E-state index contributed by atoms with van der Waals surface area (Å²) in [7, 11) is 0. The van der Waals surface area contributed by atoms with E-state index in [4.69, 9.17) is 0 Å². The second kappa shape index (κ2) is 4.94. The van der Waals surface area contributed by atoms with Gasteiger partial charge in [0.1, 0.15) is 6.54 Å². The lowest BCUT2D eigenvalue weighted by atomic mass is 9.80. The Balaban J connectivity index is 2.73. The quantitative estimate of drug-likeness (QED) is 0.768. The van der Waals surface area contributed by atoms with Crippen molar-refractivity contribution < 1.29 is 14.4 Å². The number of nitrogens with zero attached hydrogens (tertiary/aromatic N) is 1. The fourth-order valence-corrected chi connectivity index (χ4v) is 2.13. The highest BCUT2D eigenvalue weighted by atomic mass is 16.2. The number of carbonyl (C=O) groups is 3. The Kier molecular flexibility index (Phi) is 4.08. The molecular weight excluding hydrogens is 244 g/mol. The molecule has 1 N–H and O–H groups in total. The molecule has 0 radical (unpaired) electrons. The molecule has 3 amide bonds. The minimum Gasteiger partial charge on any atom is -0.350 e. The predicted octanol–water partition coefficient (Wildman–Crippen LogP) is 1.32. The van der Waals surface area contributed by atoms with Crippen molar-refractivity contribution >= 4 is 17.7 Å². The van der Waals surface area contributed by atoms with Gasteiger partial charge in [0, 0.05) is 12.0 Å². The summed E-state index contributed by atoms with van der Waals surface area (Å²) in [4.78, 5) is 36.9. The van der Waals surface area contributed by atoms with Crippen LogP contribution in [0.2, 0.25) is 0 Å². The van der Waals surface area contributed by atoms with Crippen LogP contribution in [-0.2, 0) is 14.4 Å². The van der Waals surface area contributed by atoms with Gasteiger partial charge >= 0.3 is 0 Å². The second-order valence-electron chi connectivity index (χ2n) is 7.24. The third kappa shape index (κ3) is 4.04. The summed E-state index contributed by atoms with van der Waals surface area (Å²) in [5, 5.41) is 2.76. The standard InChI is InChI=1S/C14H24N2O3/c1-13(2,3)9-7-11(18)16(12(9)19)8-10(17)15-14(4,5)6/h9H,7-8H2,1-6H3,(H,15,17). The maximum Gasteiger partial charge on any atom is 0.240 e. The number of likely N-dealkylation sites (tertiary alicyclic amines) is 1. The van der Waals surface area contributed by atoms with Crippen LogP contribution in [-0.4, -0.2) is 34.7 Å². The number of hydrogen-bond donors (Lipinski definition) is 1. The van der Waals surface area contributed by atoms with Crippen LogP contribution in [0.3, 0.4) is 0 Å². The third-order valence-electron chi connectivity index (χ3n) is 3.11. The average molecular weight is 268 g/mol. The number of rotatable bonds is 2.